The number of hydrogen-bond acceptors (Lipinski definition) is 4. The van der Waals surface area contributed by atoms with Gasteiger partial charge in [-0.25, -0.2) is 4.68 Å². The molecular weight excluding hydrogens is 277 g/mol. The van der Waals surface area contributed by atoms with Gasteiger partial charge in [-0.05, 0) is 19.8 Å². The molecule has 2 heterocycles. The molecule has 1 aliphatic heterocycles. The molecule has 110 valence electrons. The minimum absolute atomic E-state index is 0.238. The lowest BCUT2D eigenvalue weighted by atomic mass is 10.2. The Kier molecular flexibility index (Phi) is 3.78. The van der Waals surface area contributed by atoms with Gasteiger partial charge in [0.2, 0.25) is 5.91 Å². The van der Waals surface area contributed by atoms with Crippen LogP contribution in [0.1, 0.15) is 36.3 Å². The third kappa shape index (κ3) is 2.81. The highest BCUT2D eigenvalue weighted by Crippen LogP contribution is 2.21. The van der Waals surface area contributed by atoms with Crippen molar-refractivity contribution in [2.75, 3.05) is 13.1 Å². The molecule has 0 radical (unpaired) electrons. The Morgan fingerprint density at radius 2 is 1.90 bits per heavy atom. The average molecular weight is 290 g/mol. The first-order chi connectivity index (χ1) is 9.30. The number of hydrogen-bond donors (Lipinski definition) is 0. The van der Waals surface area contributed by atoms with Crippen LogP contribution < -0.4 is 0 Å². The Balaban J connectivity index is 2.12. The van der Waals surface area contributed by atoms with Crippen molar-refractivity contribution in [2.24, 2.45) is 0 Å². The van der Waals surface area contributed by atoms with Crippen LogP contribution in [0.15, 0.2) is 6.20 Å². The van der Waals surface area contributed by atoms with Gasteiger partial charge in [-0.1, -0.05) is 5.21 Å². The van der Waals surface area contributed by atoms with Crippen molar-refractivity contribution in [1.29, 1.82) is 0 Å². The number of aromatic nitrogens is 3. The van der Waals surface area contributed by atoms with Gasteiger partial charge in [0.05, 0.1) is 6.20 Å². The van der Waals surface area contributed by atoms with Gasteiger partial charge in [0.15, 0.2) is 5.69 Å². The van der Waals surface area contributed by atoms with E-state index < -0.39 is 23.7 Å². The van der Waals surface area contributed by atoms with Crippen LogP contribution >= 0.6 is 0 Å². The number of carbonyl (C=O) groups is 2. The third-order valence-electron chi connectivity index (χ3n) is 3.17. The quantitative estimate of drug-likeness (QED) is 0.785. The van der Waals surface area contributed by atoms with E-state index in [0.29, 0.717) is 13.1 Å². The van der Waals surface area contributed by atoms with Gasteiger partial charge in [0.1, 0.15) is 6.04 Å². The summed E-state index contributed by atoms with van der Waals surface area (Å²) in [6.45, 7) is 2.77. The molecule has 1 amide bonds. The van der Waals surface area contributed by atoms with Crippen LogP contribution in [-0.2, 0) is 4.79 Å². The van der Waals surface area contributed by atoms with Crippen molar-refractivity contribution in [2.45, 2.75) is 32.0 Å². The van der Waals surface area contributed by atoms with Crippen LogP contribution in [-0.4, -0.2) is 50.9 Å². The predicted octanol–water partition coefficient (Wildman–Crippen LogP) is 1.21. The Hall–Kier alpha value is -1.93. The monoisotopic (exact) mass is 290 g/mol. The van der Waals surface area contributed by atoms with Crippen LogP contribution in [0.2, 0.25) is 0 Å². The minimum atomic E-state index is -5.00. The molecule has 0 bridgehead atoms. The highest BCUT2D eigenvalue weighted by atomic mass is 19.4. The number of rotatable bonds is 3. The molecule has 20 heavy (non-hydrogen) atoms. The summed E-state index contributed by atoms with van der Waals surface area (Å²) in [6.07, 6.45) is -2.32. The summed E-state index contributed by atoms with van der Waals surface area (Å²) in [5.41, 5.74) is -0.807. The van der Waals surface area contributed by atoms with E-state index in [1.807, 2.05) is 0 Å². The molecule has 1 atom stereocenters. The Labute approximate surface area is 112 Å². The molecule has 1 fully saturated rings. The summed E-state index contributed by atoms with van der Waals surface area (Å²) in [4.78, 5) is 24.7. The van der Waals surface area contributed by atoms with Gasteiger partial charge in [-0.2, -0.15) is 13.2 Å². The van der Waals surface area contributed by atoms with E-state index in [-0.39, 0.29) is 5.91 Å². The number of halogens is 3. The summed E-state index contributed by atoms with van der Waals surface area (Å²) in [6, 6.07) is -0.782. The number of carbonyl (C=O) groups excluding carboxylic acids is 2. The van der Waals surface area contributed by atoms with Gasteiger partial charge >= 0.3 is 6.18 Å². The van der Waals surface area contributed by atoms with Crippen molar-refractivity contribution in [3.05, 3.63) is 11.9 Å². The van der Waals surface area contributed by atoms with Gasteiger partial charge in [0, 0.05) is 13.1 Å². The normalized spacial score (nSPS) is 17.3. The van der Waals surface area contributed by atoms with Crippen LogP contribution in [0.25, 0.3) is 0 Å². The highest BCUT2D eigenvalue weighted by Gasteiger charge is 2.41. The largest absolute Gasteiger partial charge is 0.456 e. The zero-order valence-corrected chi connectivity index (χ0v) is 10.7. The molecule has 0 aromatic carbocycles. The number of amides is 1. The van der Waals surface area contributed by atoms with Crippen molar-refractivity contribution < 1.29 is 22.8 Å². The van der Waals surface area contributed by atoms with E-state index in [1.54, 1.807) is 4.90 Å². The first-order valence-corrected chi connectivity index (χ1v) is 6.13. The molecule has 0 N–H and O–H groups in total. The van der Waals surface area contributed by atoms with E-state index in [4.69, 9.17) is 0 Å². The van der Waals surface area contributed by atoms with Gasteiger partial charge in [-0.3, -0.25) is 9.59 Å². The fourth-order valence-corrected chi connectivity index (χ4v) is 2.03. The fourth-order valence-electron chi connectivity index (χ4n) is 2.03. The summed E-state index contributed by atoms with van der Waals surface area (Å²) in [5.74, 6) is -2.30. The summed E-state index contributed by atoms with van der Waals surface area (Å²) < 4.78 is 37.7. The summed E-state index contributed by atoms with van der Waals surface area (Å²) >= 11 is 0. The first kappa shape index (κ1) is 14.5. The third-order valence-corrected chi connectivity index (χ3v) is 3.17. The average Bonchev–Trinajstić information content (AvgIpc) is 3.05. The molecule has 0 aliphatic carbocycles. The maximum atomic E-state index is 12.2. The van der Waals surface area contributed by atoms with Gasteiger partial charge in [0.25, 0.3) is 5.78 Å². The van der Waals surface area contributed by atoms with Crippen LogP contribution in [0.4, 0.5) is 13.2 Å². The summed E-state index contributed by atoms with van der Waals surface area (Å²) in [7, 11) is 0. The van der Waals surface area contributed by atoms with Crippen LogP contribution in [0.3, 0.4) is 0 Å². The van der Waals surface area contributed by atoms with E-state index in [1.165, 1.54) is 6.92 Å². The van der Waals surface area contributed by atoms with Crippen molar-refractivity contribution in [3.8, 4) is 0 Å². The topological polar surface area (TPSA) is 68.1 Å². The second-order valence-electron chi connectivity index (χ2n) is 4.62. The second kappa shape index (κ2) is 5.22. The zero-order chi connectivity index (χ0) is 14.9. The molecular formula is C11H13F3N4O2. The van der Waals surface area contributed by atoms with E-state index >= 15 is 0 Å². The molecule has 0 spiro atoms. The molecule has 9 heteroatoms. The van der Waals surface area contributed by atoms with Crippen LogP contribution in [0, 0.1) is 0 Å². The van der Waals surface area contributed by atoms with Crippen molar-refractivity contribution in [3.63, 3.8) is 0 Å². The zero-order valence-electron chi connectivity index (χ0n) is 10.7. The molecule has 1 aliphatic rings. The van der Waals surface area contributed by atoms with Crippen molar-refractivity contribution >= 4 is 11.7 Å². The smallest absolute Gasteiger partial charge is 0.341 e. The molecule has 0 saturated carbocycles. The first-order valence-electron chi connectivity index (χ1n) is 6.13. The highest BCUT2D eigenvalue weighted by molar-refractivity contribution is 5.98. The second-order valence-corrected chi connectivity index (χ2v) is 4.62. The van der Waals surface area contributed by atoms with Gasteiger partial charge in [-0.15, -0.1) is 5.10 Å². The minimum Gasteiger partial charge on any atom is -0.341 e. The van der Waals surface area contributed by atoms with E-state index in [0.717, 1.165) is 23.7 Å². The fraction of sp³-hybridized carbons (Fsp3) is 0.636. The lowest BCUT2D eigenvalue weighted by molar-refractivity contribution is -0.133. The number of alkyl halides is 3. The predicted molar refractivity (Wildman–Crippen MR) is 60.9 cm³/mol. The Morgan fingerprint density at radius 3 is 2.45 bits per heavy atom. The van der Waals surface area contributed by atoms with E-state index in [2.05, 4.69) is 10.3 Å². The lowest BCUT2D eigenvalue weighted by Gasteiger charge is -2.19. The maximum absolute atomic E-state index is 12.2. The van der Waals surface area contributed by atoms with Gasteiger partial charge < -0.3 is 4.90 Å². The molecule has 6 nitrogen and oxygen atoms in total. The Morgan fingerprint density at radius 1 is 1.30 bits per heavy atom. The standard InChI is InChI=1S/C11H13F3N4O2/c1-7(10(20)17-4-2-3-5-17)18-6-8(15-16-18)9(19)11(12,13)14/h6-7H,2-5H2,1H3. The molecule has 2 rings (SSSR count). The number of nitrogens with zero attached hydrogens (tertiary/aromatic N) is 4. The molecule has 1 aromatic heterocycles. The van der Waals surface area contributed by atoms with E-state index in [9.17, 15) is 22.8 Å². The molecule has 1 saturated heterocycles. The Bertz CT molecular complexity index is 520. The number of Topliss-reactive ketones (excluding diaryl/α,β-unsaturated/α-hetero) is 1. The number of likely N-dealkylation sites (tertiary alicyclic amines) is 1. The lowest BCUT2D eigenvalue weighted by Crippen LogP contribution is -2.34. The SMILES string of the molecule is CC(C(=O)N1CCCC1)n1cc(C(=O)C(F)(F)F)nn1. The van der Waals surface area contributed by atoms with Crippen molar-refractivity contribution in [1.82, 2.24) is 19.9 Å². The summed E-state index contributed by atoms with van der Waals surface area (Å²) in [5, 5.41) is 6.63. The van der Waals surface area contributed by atoms with Crippen LogP contribution in [0.5, 0.6) is 0 Å². The maximum Gasteiger partial charge on any atom is 0.456 e. The molecule has 1 unspecified atom stereocenters. The molecule has 1 aromatic rings. The number of ketones is 1.